The Balaban J connectivity index is 1.99. The Morgan fingerprint density at radius 2 is 2.41 bits per heavy atom. The first kappa shape index (κ1) is 13.1. The molecule has 1 fully saturated rings. The largest absolute Gasteiger partial charge is 0.481 e. The monoisotopic (exact) mass is 317 g/mol. The number of thiophene rings is 1. The zero-order valence-electron chi connectivity index (χ0n) is 9.73. The minimum Gasteiger partial charge on any atom is -0.481 e. The van der Waals surface area contributed by atoms with Crippen LogP contribution in [0.2, 0.25) is 0 Å². The maximum Gasteiger partial charge on any atom is 0.308 e. The second kappa shape index (κ2) is 5.50. The summed E-state index contributed by atoms with van der Waals surface area (Å²) >= 11 is 5.15. The summed E-state index contributed by atoms with van der Waals surface area (Å²) in [6.45, 7) is 0.838. The van der Waals surface area contributed by atoms with E-state index >= 15 is 0 Å². The molecular formula is C12H16BrNO2S. The summed E-state index contributed by atoms with van der Waals surface area (Å²) in [6, 6.07) is 2.29. The molecule has 1 heterocycles. The fourth-order valence-corrected chi connectivity index (χ4v) is 4.07. The van der Waals surface area contributed by atoms with E-state index in [1.54, 1.807) is 11.3 Å². The molecule has 1 aromatic heterocycles. The van der Waals surface area contributed by atoms with Gasteiger partial charge in [0, 0.05) is 27.3 Å². The minimum atomic E-state index is -0.647. The first-order valence-corrected chi connectivity index (χ1v) is 7.41. The van der Waals surface area contributed by atoms with Crippen molar-refractivity contribution in [2.24, 2.45) is 5.92 Å². The van der Waals surface area contributed by atoms with Crippen molar-refractivity contribution < 1.29 is 9.90 Å². The topological polar surface area (TPSA) is 40.5 Å². The molecule has 0 bridgehead atoms. The van der Waals surface area contributed by atoms with Crippen molar-refractivity contribution in [1.82, 2.24) is 4.90 Å². The van der Waals surface area contributed by atoms with Gasteiger partial charge in [-0.25, -0.2) is 0 Å². The number of carbonyl (C=O) groups is 1. The standard InChI is InChI=1S/C12H16BrNO2S/c1-14(6-9-5-8(13)7-17-9)11-4-2-3-10(11)12(15)16/h5,7,10-11H,2-4,6H2,1H3,(H,15,16). The third kappa shape index (κ3) is 3.09. The maximum atomic E-state index is 11.1. The van der Waals surface area contributed by atoms with Crippen molar-refractivity contribution in [2.75, 3.05) is 7.05 Å². The van der Waals surface area contributed by atoms with Crippen LogP contribution in [0.3, 0.4) is 0 Å². The van der Waals surface area contributed by atoms with Crippen molar-refractivity contribution >= 4 is 33.2 Å². The summed E-state index contributed by atoms with van der Waals surface area (Å²) in [6.07, 6.45) is 2.85. The van der Waals surface area contributed by atoms with Crippen LogP contribution in [0.5, 0.6) is 0 Å². The van der Waals surface area contributed by atoms with E-state index in [0.717, 1.165) is 30.3 Å². The van der Waals surface area contributed by atoms with Crippen LogP contribution >= 0.6 is 27.3 Å². The van der Waals surface area contributed by atoms with Gasteiger partial charge < -0.3 is 5.11 Å². The lowest BCUT2D eigenvalue weighted by Crippen LogP contribution is -2.37. The van der Waals surface area contributed by atoms with E-state index in [2.05, 4.69) is 32.3 Å². The van der Waals surface area contributed by atoms with Crippen molar-refractivity contribution in [2.45, 2.75) is 31.8 Å². The van der Waals surface area contributed by atoms with Gasteiger partial charge >= 0.3 is 5.97 Å². The van der Waals surface area contributed by atoms with Gasteiger partial charge in [-0.05, 0) is 41.9 Å². The Labute approximate surface area is 114 Å². The third-order valence-corrected chi connectivity index (χ3v) is 5.07. The predicted octanol–water partition coefficient (Wildman–Crippen LogP) is 3.20. The van der Waals surface area contributed by atoms with E-state index < -0.39 is 5.97 Å². The Morgan fingerprint density at radius 3 is 3.00 bits per heavy atom. The molecule has 0 aliphatic heterocycles. The minimum absolute atomic E-state index is 0.188. The first-order valence-electron chi connectivity index (χ1n) is 5.74. The van der Waals surface area contributed by atoms with E-state index in [-0.39, 0.29) is 12.0 Å². The Morgan fingerprint density at radius 1 is 1.65 bits per heavy atom. The Bertz CT molecular complexity index is 407. The predicted molar refractivity (Wildman–Crippen MR) is 72.3 cm³/mol. The van der Waals surface area contributed by atoms with E-state index in [0.29, 0.717) is 0 Å². The van der Waals surface area contributed by atoms with Crippen LogP contribution in [0.15, 0.2) is 15.9 Å². The van der Waals surface area contributed by atoms with Crippen LogP contribution in [0, 0.1) is 5.92 Å². The van der Waals surface area contributed by atoms with Gasteiger partial charge in [0.25, 0.3) is 0 Å². The summed E-state index contributed by atoms with van der Waals surface area (Å²) in [5.74, 6) is -0.838. The molecule has 1 aliphatic carbocycles. The molecule has 0 amide bonds. The fraction of sp³-hybridized carbons (Fsp3) is 0.583. The SMILES string of the molecule is CN(Cc1cc(Br)cs1)C1CCCC1C(=O)O. The number of rotatable bonds is 4. The average Bonchev–Trinajstić information content (AvgIpc) is 2.86. The molecule has 1 aromatic rings. The highest BCUT2D eigenvalue weighted by molar-refractivity contribution is 9.10. The molecule has 0 spiro atoms. The zero-order valence-corrected chi connectivity index (χ0v) is 12.1. The molecule has 0 saturated heterocycles. The molecule has 2 rings (SSSR count). The molecule has 1 saturated carbocycles. The number of hydrogen-bond acceptors (Lipinski definition) is 3. The summed E-state index contributed by atoms with van der Waals surface area (Å²) in [5, 5.41) is 11.2. The number of carboxylic acid groups (broad SMARTS) is 1. The van der Waals surface area contributed by atoms with Gasteiger partial charge in [-0.1, -0.05) is 6.42 Å². The molecular weight excluding hydrogens is 302 g/mol. The number of hydrogen-bond donors (Lipinski definition) is 1. The van der Waals surface area contributed by atoms with Crippen molar-refractivity contribution in [3.8, 4) is 0 Å². The summed E-state index contributed by atoms with van der Waals surface area (Å²) in [7, 11) is 2.03. The second-order valence-corrected chi connectivity index (χ2v) is 6.50. The lowest BCUT2D eigenvalue weighted by atomic mass is 10.0. The summed E-state index contributed by atoms with van der Waals surface area (Å²) in [5.41, 5.74) is 0. The van der Waals surface area contributed by atoms with Crippen LogP contribution in [-0.2, 0) is 11.3 Å². The molecule has 5 heteroatoms. The van der Waals surface area contributed by atoms with E-state index in [1.165, 1.54) is 4.88 Å². The third-order valence-electron chi connectivity index (χ3n) is 3.39. The molecule has 94 valence electrons. The first-order chi connectivity index (χ1) is 8.08. The fourth-order valence-electron chi connectivity index (χ4n) is 2.56. The van der Waals surface area contributed by atoms with Crippen LogP contribution in [0.1, 0.15) is 24.1 Å². The number of halogens is 1. The summed E-state index contributed by atoms with van der Waals surface area (Å²) in [4.78, 5) is 14.6. The highest BCUT2D eigenvalue weighted by atomic mass is 79.9. The molecule has 2 atom stereocenters. The van der Waals surface area contributed by atoms with Gasteiger partial charge in [0.15, 0.2) is 0 Å². The number of carboxylic acids is 1. The van der Waals surface area contributed by atoms with Gasteiger partial charge in [0.1, 0.15) is 0 Å². The molecule has 0 radical (unpaired) electrons. The highest BCUT2D eigenvalue weighted by Gasteiger charge is 2.35. The normalized spacial score (nSPS) is 24.4. The van der Waals surface area contributed by atoms with E-state index in [4.69, 9.17) is 0 Å². The van der Waals surface area contributed by atoms with E-state index in [9.17, 15) is 9.90 Å². The van der Waals surface area contributed by atoms with Gasteiger partial charge in [-0.3, -0.25) is 9.69 Å². The molecule has 17 heavy (non-hydrogen) atoms. The Kier molecular flexibility index (Phi) is 4.22. The van der Waals surface area contributed by atoms with Gasteiger partial charge in [-0.15, -0.1) is 11.3 Å². The average molecular weight is 318 g/mol. The van der Waals surface area contributed by atoms with Crippen molar-refractivity contribution in [1.29, 1.82) is 0 Å². The Hall–Kier alpha value is -0.390. The number of aliphatic carboxylic acids is 1. The molecule has 1 N–H and O–H groups in total. The van der Waals surface area contributed by atoms with Crippen molar-refractivity contribution in [3.05, 3.63) is 20.8 Å². The molecule has 1 aliphatic rings. The van der Waals surface area contributed by atoms with Crippen LogP contribution < -0.4 is 0 Å². The maximum absolute atomic E-state index is 11.1. The zero-order chi connectivity index (χ0) is 12.4. The van der Waals surface area contributed by atoms with Gasteiger partial charge in [-0.2, -0.15) is 0 Å². The van der Waals surface area contributed by atoms with E-state index in [1.807, 2.05) is 7.05 Å². The quantitative estimate of drug-likeness (QED) is 0.927. The highest BCUT2D eigenvalue weighted by Crippen LogP contribution is 2.31. The van der Waals surface area contributed by atoms with Crippen LogP contribution in [0.25, 0.3) is 0 Å². The summed E-state index contributed by atoms with van der Waals surface area (Å²) < 4.78 is 1.10. The molecule has 2 unspecified atom stereocenters. The lowest BCUT2D eigenvalue weighted by molar-refractivity contribution is -0.143. The van der Waals surface area contributed by atoms with Crippen LogP contribution in [0.4, 0.5) is 0 Å². The molecule has 0 aromatic carbocycles. The van der Waals surface area contributed by atoms with Crippen molar-refractivity contribution in [3.63, 3.8) is 0 Å². The molecule has 3 nitrogen and oxygen atoms in total. The van der Waals surface area contributed by atoms with Crippen LogP contribution in [-0.4, -0.2) is 29.1 Å². The number of nitrogens with zero attached hydrogens (tertiary/aromatic N) is 1. The second-order valence-electron chi connectivity index (χ2n) is 4.59. The lowest BCUT2D eigenvalue weighted by Gasteiger charge is -2.27. The van der Waals surface area contributed by atoms with Gasteiger partial charge in [0.05, 0.1) is 5.92 Å². The van der Waals surface area contributed by atoms with Gasteiger partial charge in [0.2, 0.25) is 0 Å². The smallest absolute Gasteiger partial charge is 0.308 e.